The summed E-state index contributed by atoms with van der Waals surface area (Å²) in [6.45, 7) is 7.41. The molecule has 106 valence electrons. The number of benzene rings is 2. The van der Waals surface area contributed by atoms with E-state index in [9.17, 15) is 0 Å². The maximum Gasteiger partial charge on any atom is 0.0359 e. The lowest BCUT2D eigenvalue weighted by Gasteiger charge is -2.16. The Kier molecular flexibility index (Phi) is 4.80. The number of para-hydroxylation sites is 1. The Morgan fingerprint density at radius 1 is 0.900 bits per heavy atom. The summed E-state index contributed by atoms with van der Waals surface area (Å²) in [6.07, 6.45) is 0. The van der Waals surface area contributed by atoms with E-state index in [1.54, 1.807) is 0 Å². The molecule has 2 rings (SSSR count). The monoisotopic (exact) mass is 268 g/mol. The molecule has 0 saturated heterocycles. The molecule has 2 aromatic rings. The van der Waals surface area contributed by atoms with Crippen molar-refractivity contribution in [3.8, 4) is 0 Å². The third-order valence-electron chi connectivity index (χ3n) is 3.76. The summed E-state index contributed by atoms with van der Waals surface area (Å²) in [5.41, 5.74) is 10.7. The highest BCUT2D eigenvalue weighted by Gasteiger charge is 2.07. The largest absolute Gasteiger partial charge is 0.398 e. The molecule has 0 bridgehead atoms. The minimum absolute atomic E-state index is 0.316. The number of rotatable bonds is 5. The van der Waals surface area contributed by atoms with Crippen molar-refractivity contribution in [3.63, 3.8) is 0 Å². The van der Waals surface area contributed by atoms with Crippen LogP contribution in [0.4, 0.5) is 5.69 Å². The standard InChI is InChI=1S/C18H24N2/c1-13(2)15-8-10-16(11-9-15)14(3)20-12-17-6-4-5-7-18(17)19/h4-11,13-14,20H,12,19H2,1-3H3. The number of nitrogens with one attached hydrogen (secondary N) is 1. The summed E-state index contributed by atoms with van der Waals surface area (Å²) in [5, 5.41) is 3.52. The second-order valence-electron chi connectivity index (χ2n) is 5.62. The lowest BCUT2D eigenvalue weighted by atomic mass is 9.99. The van der Waals surface area contributed by atoms with Crippen LogP contribution in [0.1, 0.15) is 49.4 Å². The van der Waals surface area contributed by atoms with E-state index in [1.807, 2.05) is 18.2 Å². The van der Waals surface area contributed by atoms with Gasteiger partial charge in [-0.2, -0.15) is 0 Å². The van der Waals surface area contributed by atoms with E-state index < -0.39 is 0 Å². The van der Waals surface area contributed by atoms with E-state index in [4.69, 9.17) is 5.73 Å². The van der Waals surface area contributed by atoms with Crippen molar-refractivity contribution in [2.45, 2.75) is 39.3 Å². The first-order valence-corrected chi connectivity index (χ1v) is 7.24. The van der Waals surface area contributed by atoms with Crippen LogP contribution in [0, 0.1) is 0 Å². The van der Waals surface area contributed by atoms with Crippen LogP contribution in [0.15, 0.2) is 48.5 Å². The Hall–Kier alpha value is -1.80. The molecule has 1 atom stereocenters. The topological polar surface area (TPSA) is 38.0 Å². The van der Waals surface area contributed by atoms with Gasteiger partial charge in [-0.1, -0.05) is 56.3 Å². The van der Waals surface area contributed by atoms with E-state index in [0.29, 0.717) is 12.0 Å². The van der Waals surface area contributed by atoms with Crippen molar-refractivity contribution < 1.29 is 0 Å². The summed E-state index contributed by atoms with van der Waals surface area (Å²) in [7, 11) is 0. The molecular formula is C18H24N2. The van der Waals surface area contributed by atoms with Gasteiger partial charge in [0.1, 0.15) is 0 Å². The summed E-state index contributed by atoms with van der Waals surface area (Å²) < 4.78 is 0. The molecule has 0 aliphatic rings. The molecule has 0 radical (unpaired) electrons. The molecule has 2 nitrogen and oxygen atoms in total. The first-order valence-electron chi connectivity index (χ1n) is 7.24. The molecule has 1 unspecified atom stereocenters. The zero-order chi connectivity index (χ0) is 14.5. The van der Waals surface area contributed by atoms with Crippen molar-refractivity contribution in [1.29, 1.82) is 0 Å². The van der Waals surface area contributed by atoms with Crippen LogP contribution >= 0.6 is 0 Å². The Bertz CT molecular complexity index is 544. The first kappa shape index (κ1) is 14.6. The molecule has 0 fully saturated rings. The molecule has 20 heavy (non-hydrogen) atoms. The molecule has 0 heterocycles. The number of nitrogens with two attached hydrogens (primary N) is 1. The van der Waals surface area contributed by atoms with E-state index in [-0.39, 0.29) is 0 Å². The van der Waals surface area contributed by atoms with Crippen molar-refractivity contribution in [3.05, 3.63) is 65.2 Å². The normalized spacial score (nSPS) is 12.6. The predicted octanol–water partition coefficient (Wildman–Crippen LogP) is 4.24. The van der Waals surface area contributed by atoms with E-state index >= 15 is 0 Å². The second-order valence-corrected chi connectivity index (χ2v) is 5.62. The molecule has 0 spiro atoms. The Balaban J connectivity index is 1.98. The number of nitrogen functional groups attached to an aromatic ring is 1. The Morgan fingerprint density at radius 3 is 2.10 bits per heavy atom. The molecule has 0 amide bonds. The van der Waals surface area contributed by atoms with Gasteiger partial charge < -0.3 is 11.1 Å². The average Bonchev–Trinajstić information content (AvgIpc) is 2.46. The van der Waals surface area contributed by atoms with Crippen molar-refractivity contribution >= 4 is 5.69 Å². The maximum atomic E-state index is 5.96. The average molecular weight is 268 g/mol. The first-order chi connectivity index (χ1) is 9.58. The summed E-state index contributed by atoms with van der Waals surface area (Å²) >= 11 is 0. The number of hydrogen-bond donors (Lipinski definition) is 2. The van der Waals surface area contributed by atoms with E-state index in [0.717, 1.165) is 17.8 Å². The maximum absolute atomic E-state index is 5.96. The van der Waals surface area contributed by atoms with Gasteiger partial charge in [0.25, 0.3) is 0 Å². The van der Waals surface area contributed by atoms with Gasteiger partial charge in [0.05, 0.1) is 0 Å². The van der Waals surface area contributed by atoms with Gasteiger partial charge in [0.15, 0.2) is 0 Å². The van der Waals surface area contributed by atoms with Crippen molar-refractivity contribution in [1.82, 2.24) is 5.32 Å². The molecule has 0 aromatic heterocycles. The SMILES string of the molecule is CC(C)c1ccc(C(C)NCc2ccccc2N)cc1. The van der Waals surface area contributed by atoms with E-state index in [1.165, 1.54) is 11.1 Å². The fraction of sp³-hybridized carbons (Fsp3) is 0.333. The van der Waals surface area contributed by atoms with Crippen LogP contribution in [0.3, 0.4) is 0 Å². The smallest absolute Gasteiger partial charge is 0.0359 e. The third kappa shape index (κ3) is 3.61. The Morgan fingerprint density at radius 2 is 1.50 bits per heavy atom. The molecule has 0 aliphatic carbocycles. The van der Waals surface area contributed by atoms with Gasteiger partial charge in [-0.25, -0.2) is 0 Å². The lowest BCUT2D eigenvalue weighted by molar-refractivity contribution is 0.575. The number of anilines is 1. The summed E-state index contributed by atoms with van der Waals surface area (Å²) in [4.78, 5) is 0. The molecule has 0 aliphatic heterocycles. The second kappa shape index (κ2) is 6.58. The van der Waals surface area contributed by atoms with Crippen LogP contribution in [-0.2, 0) is 6.54 Å². The summed E-state index contributed by atoms with van der Waals surface area (Å²) in [6, 6.07) is 17.2. The quantitative estimate of drug-likeness (QED) is 0.796. The van der Waals surface area contributed by atoms with Gasteiger partial charge >= 0.3 is 0 Å². The van der Waals surface area contributed by atoms with Gasteiger partial charge in [-0.3, -0.25) is 0 Å². The van der Waals surface area contributed by atoms with Crippen LogP contribution in [0.5, 0.6) is 0 Å². The fourth-order valence-electron chi connectivity index (χ4n) is 2.25. The van der Waals surface area contributed by atoms with Crippen molar-refractivity contribution in [2.75, 3.05) is 5.73 Å². The third-order valence-corrected chi connectivity index (χ3v) is 3.76. The lowest BCUT2D eigenvalue weighted by Crippen LogP contribution is -2.18. The Labute approximate surface area is 122 Å². The van der Waals surface area contributed by atoms with Crippen LogP contribution in [-0.4, -0.2) is 0 Å². The minimum atomic E-state index is 0.316. The van der Waals surface area contributed by atoms with Crippen molar-refractivity contribution in [2.24, 2.45) is 0 Å². The van der Waals surface area contributed by atoms with Crippen LogP contribution in [0.25, 0.3) is 0 Å². The highest BCUT2D eigenvalue weighted by atomic mass is 14.9. The molecular weight excluding hydrogens is 244 g/mol. The summed E-state index contributed by atoms with van der Waals surface area (Å²) in [5.74, 6) is 0.580. The highest BCUT2D eigenvalue weighted by Crippen LogP contribution is 2.19. The van der Waals surface area contributed by atoms with E-state index in [2.05, 4.69) is 56.4 Å². The highest BCUT2D eigenvalue weighted by molar-refractivity contribution is 5.46. The minimum Gasteiger partial charge on any atom is -0.398 e. The van der Waals surface area contributed by atoms with Crippen LogP contribution in [0.2, 0.25) is 0 Å². The predicted molar refractivity (Wildman–Crippen MR) is 86.6 cm³/mol. The molecule has 2 aromatic carbocycles. The number of hydrogen-bond acceptors (Lipinski definition) is 2. The molecule has 3 N–H and O–H groups in total. The molecule has 0 saturated carbocycles. The fourth-order valence-corrected chi connectivity index (χ4v) is 2.25. The van der Waals surface area contributed by atoms with Gasteiger partial charge in [-0.15, -0.1) is 0 Å². The van der Waals surface area contributed by atoms with Gasteiger partial charge in [0.2, 0.25) is 0 Å². The zero-order valence-corrected chi connectivity index (χ0v) is 12.6. The zero-order valence-electron chi connectivity index (χ0n) is 12.6. The van der Waals surface area contributed by atoms with Crippen LogP contribution < -0.4 is 11.1 Å². The van der Waals surface area contributed by atoms with Gasteiger partial charge in [-0.05, 0) is 35.6 Å². The van der Waals surface area contributed by atoms with Gasteiger partial charge in [0, 0.05) is 18.3 Å². The molecule has 2 heteroatoms.